The first-order valence-electron chi connectivity index (χ1n) is 8.12. The summed E-state index contributed by atoms with van der Waals surface area (Å²) < 4.78 is 0. The second kappa shape index (κ2) is 8.88. The zero-order chi connectivity index (χ0) is 16.5. The van der Waals surface area contributed by atoms with Crippen LogP contribution in [0.2, 0.25) is 0 Å². The van der Waals surface area contributed by atoms with Crippen molar-refractivity contribution in [1.82, 2.24) is 15.3 Å². The molecule has 1 amide bonds. The van der Waals surface area contributed by atoms with E-state index in [4.69, 9.17) is 0 Å². The second-order valence-electron chi connectivity index (χ2n) is 5.43. The molecule has 2 aromatic heterocycles. The van der Waals surface area contributed by atoms with Crippen molar-refractivity contribution in [2.75, 3.05) is 18.0 Å². The zero-order valence-corrected chi connectivity index (χ0v) is 13.8. The van der Waals surface area contributed by atoms with E-state index in [9.17, 15) is 4.79 Å². The fourth-order valence-electron chi connectivity index (χ4n) is 2.43. The predicted molar refractivity (Wildman–Crippen MR) is 92.4 cm³/mol. The Morgan fingerprint density at radius 2 is 1.96 bits per heavy atom. The van der Waals surface area contributed by atoms with E-state index in [2.05, 4.69) is 34.0 Å². The van der Waals surface area contributed by atoms with Crippen LogP contribution in [-0.2, 0) is 6.54 Å². The number of nitrogens with one attached hydrogen (secondary N) is 1. The molecule has 2 heterocycles. The van der Waals surface area contributed by atoms with Crippen LogP contribution in [0.5, 0.6) is 0 Å². The summed E-state index contributed by atoms with van der Waals surface area (Å²) in [6.45, 7) is 6.73. The van der Waals surface area contributed by atoms with E-state index in [1.54, 1.807) is 18.6 Å². The highest BCUT2D eigenvalue weighted by Crippen LogP contribution is 2.15. The van der Waals surface area contributed by atoms with Gasteiger partial charge in [0.05, 0.1) is 0 Å². The summed E-state index contributed by atoms with van der Waals surface area (Å²) in [5.74, 6) is -0.163. The number of hydrogen-bond donors (Lipinski definition) is 1. The average molecular weight is 312 g/mol. The van der Waals surface area contributed by atoms with Gasteiger partial charge in [-0.15, -0.1) is 0 Å². The van der Waals surface area contributed by atoms with Crippen LogP contribution in [0.3, 0.4) is 0 Å². The molecule has 0 aliphatic rings. The van der Waals surface area contributed by atoms with Crippen molar-refractivity contribution in [2.24, 2.45) is 0 Å². The largest absolute Gasteiger partial charge is 0.371 e. The molecule has 0 aromatic carbocycles. The van der Waals surface area contributed by atoms with Crippen molar-refractivity contribution in [1.29, 1.82) is 0 Å². The van der Waals surface area contributed by atoms with Gasteiger partial charge in [0, 0.05) is 43.9 Å². The first kappa shape index (κ1) is 16.9. The molecule has 2 aromatic rings. The van der Waals surface area contributed by atoms with Gasteiger partial charge in [-0.25, -0.2) is 0 Å². The molecule has 0 spiro atoms. The predicted octanol–water partition coefficient (Wildman–Crippen LogP) is 3.03. The SMILES string of the molecule is CCCN(CCC)c1ccnc(C(=O)NCc2cccnc2)c1. The number of amides is 1. The van der Waals surface area contributed by atoms with Crippen LogP contribution in [0.15, 0.2) is 42.9 Å². The maximum absolute atomic E-state index is 12.3. The molecule has 1 N–H and O–H groups in total. The maximum Gasteiger partial charge on any atom is 0.270 e. The molecule has 0 fully saturated rings. The third-order valence-corrected chi connectivity index (χ3v) is 3.50. The van der Waals surface area contributed by atoms with E-state index in [1.807, 2.05) is 24.3 Å². The summed E-state index contributed by atoms with van der Waals surface area (Å²) in [5, 5.41) is 2.89. The molecule has 122 valence electrons. The molecule has 0 atom stereocenters. The van der Waals surface area contributed by atoms with Gasteiger partial charge in [-0.1, -0.05) is 19.9 Å². The number of nitrogens with zero attached hydrogens (tertiary/aromatic N) is 3. The van der Waals surface area contributed by atoms with Crippen LogP contribution in [0.4, 0.5) is 5.69 Å². The normalized spacial score (nSPS) is 10.3. The van der Waals surface area contributed by atoms with Crippen LogP contribution >= 0.6 is 0 Å². The molecule has 5 heteroatoms. The topological polar surface area (TPSA) is 58.1 Å². The van der Waals surface area contributed by atoms with Crippen LogP contribution < -0.4 is 10.2 Å². The fourth-order valence-corrected chi connectivity index (χ4v) is 2.43. The molecule has 0 unspecified atom stereocenters. The molecule has 0 saturated carbocycles. The van der Waals surface area contributed by atoms with Gasteiger partial charge in [0.2, 0.25) is 0 Å². The number of anilines is 1. The Hall–Kier alpha value is -2.43. The summed E-state index contributed by atoms with van der Waals surface area (Å²) >= 11 is 0. The van der Waals surface area contributed by atoms with Gasteiger partial charge in [-0.05, 0) is 36.6 Å². The van der Waals surface area contributed by atoms with E-state index in [1.165, 1.54) is 0 Å². The molecule has 0 bridgehead atoms. The number of carbonyl (C=O) groups excluding carboxylic acids is 1. The van der Waals surface area contributed by atoms with Gasteiger partial charge >= 0.3 is 0 Å². The third kappa shape index (κ3) is 5.06. The minimum atomic E-state index is -0.163. The monoisotopic (exact) mass is 312 g/mol. The minimum absolute atomic E-state index is 0.163. The summed E-state index contributed by atoms with van der Waals surface area (Å²) in [6.07, 6.45) is 7.31. The van der Waals surface area contributed by atoms with Gasteiger partial charge in [0.25, 0.3) is 5.91 Å². The number of rotatable bonds is 8. The fraction of sp³-hybridized carbons (Fsp3) is 0.389. The van der Waals surface area contributed by atoms with Crippen molar-refractivity contribution < 1.29 is 4.79 Å². The van der Waals surface area contributed by atoms with Crippen molar-refractivity contribution in [3.8, 4) is 0 Å². The molecule has 0 saturated heterocycles. The molecular weight excluding hydrogens is 288 g/mol. The Labute approximate surface area is 137 Å². The van der Waals surface area contributed by atoms with Gasteiger partial charge in [0.15, 0.2) is 0 Å². The molecule has 2 rings (SSSR count). The molecule has 0 aliphatic carbocycles. The zero-order valence-electron chi connectivity index (χ0n) is 13.8. The highest BCUT2D eigenvalue weighted by atomic mass is 16.1. The quantitative estimate of drug-likeness (QED) is 0.814. The van der Waals surface area contributed by atoms with Crippen LogP contribution in [0, 0.1) is 0 Å². The lowest BCUT2D eigenvalue weighted by Gasteiger charge is -2.23. The molecular formula is C18H24N4O. The van der Waals surface area contributed by atoms with E-state index in [-0.39, 0.29) is 5.91 Å². The highest BCUT2D eigenvalue weighted by Gasteiger charge is 2.11. The number of carbonyl (C=O) groups is 1. The lowest BCUT2D eigenvalue weighted by atomic mass is 10.2. The first-order valence-corrected chi connectivity index (χ1v) is 8.12. The highest BCUT2D eigenvalue weighted by molar-refractivity contribution is 5.93. The molecule has 0 radical (unpaired) electrons. The van der Waals surface area contributed by atoms with Gasteiger partial charge < -0.3 is 10.2 Å². The lowest BCUT2D eigenvalue weighted by Crippen LogP contribution is -2.27. The van der Waals surface area contributed by atoms with Crippen molar-refractivity contribution >= 4 is 11.6 Å². The average Bonchev–Trinajstić information content (AvgIpc) is 2.60. The van der Waals surface area contributed by atoms with Gasteiger partial charge in [-0.3, -0.25) is 14.8 Å². The number of aromatic nitrogens is 2. The van der Waals surface area contributed by atoms with Gasteiger partial charge in [-0.2, -0.15) is 0 Å². The Balaban J connectivity index is 2.04. The maximum atomic E-state index is 12.3. The molecule has 23 heavy (non-hydrogen) atoms. The Bertz CT molecular complexity index is 609. The van der Waals surface area contributed by atoms with Crippen LogP contribution in [0.1, 0.15) is 42.7 Å². The number of hydrogen-bond acceptors (Lipinski definition) is 4. The van der Waals surface area contributed by atoms with Gasteiger partial charge in [0.1, 0.15) is 5.69 Å². The number of pyridine rings is 2. The first-order chi connectivity index (χ1) is 11.2. The molecule has 0 aliphatic heterocycles. The summed E-state index contributed by atoms with van der Waals surface area (Å²) in [6, 6.07) is 7.61. The third-order valence-electron chi connectivity index (χ3n) is 3.50. The minimum Gasteiger partial charge on any atom is -0.371 e. The van der Waals surface area contributed by atoms with E-state index in [0.29, 0.717) is 12.2 Å². The van der Waals surface area contributed by atoms with E-state index < -0.39 is 0 Å². The Morgan fingerprint density at radius 1 is 1.17 bits per heavy atom. The molecule has 5 nitrogen and oxygen atoms in total. The summed E-state index contributed by atoms with van der Waals surface area (Å²) in [7, 11) is 0. The van der Waals surface area contributed by atoms with Crippen molar-refractivity contribution in [3.63, 3.8) is 0 Å². The van der Waals surface area contributed by atoms with Crippen molar-refractivity contribution in [3.05, 3.63) is 54.1 Å². The second-order valence-corrected chi connectivity index (χ2v) is 5.43. The van der Waals surface area contributed by atoms with E-state index in [0.717, 1.165) is 37.2 Å². The van der Waals surface area contributed by atoms with E-state index >= 15 is 0 Å². The Morgan fingerprint density at radius 3 is 2.61 bits per heavy atom. The smallest absolute Gasteiger partial charge is 0.270 e. The van der Waals surface area contributed by atoms with Crippen molar-refractivity contribution in [2.45, 2.75) is 33.2 Å². The standard InChI is InChI=1S/C18H24N4O/c1-3-10-22(11-4-2)16-7-9-20-17(12-16)18(23)21-14-15-6-5-8-19-13-15/h5-9,12-13H,3-4,10-11,14H2,1-2H3,(H,21,23). The lowest BCUT2D eigenvalue weighted by molar-refractivity contribution is 0.0946. The summed E-state index contributed by atoms with van der Waals surface area (Å²) in [4.78, 5) is 22.8. The van der Waals surface area contributed by atoms with Crippen LogP contribution in [-0.4, -0.2) is 29.0 Å². The van der Waals surface area contributed by atoms with Crippen LogP contribution in [0.25, 0.3) is 0 Å². The Kier molecular flexibility index (Phi) is 6.54. The summed E-state index contributed by atoms with van der Waals surface area (Å²) in [5.41, 5.74) is 2.47.